The molecule has 1 fully saturated rings. The van der Waals surface area contributed by atoms with Gasteiger partial charge >= 0.3 is 0 Å². The molecule has 1 N–H and O–H groups in total. The smallest absolute Gasteiger partial charge is 0.289 e. The number of anilines is 1. The molecule has 1 saturated heterocycles. The molecule has 1 aliphatic rings. The molecule has 2 heterocycles. The molecule has 0 aliphatic carbocycles. The van der Waals surface area contributed by atoms with E-state index < -0.39 is 4.92 Å². The number of hydrogen-bond donors (Lipinski definition) is 1. The molecule has 6 nitrogen and oxygen atoms in total. The first-order valence-electron chi connectivity index (χ1n) is 7.37. The Morgan fingerprint density at radius 3 is 3.00 bits per heavy atom. The van der Waals surface area contributed by atoms with Crippen LogP contribution in [0.1, 0.15) is 26.2 Å². The first kappa shape index (κ1) is 16.0. The van der Waals surface area contributed by atoms with Crippen molar-refractivity contribution >= 4 is 23.1 Å². The Bertz CT molecular complexity index is 492. The minimum Gasteiger partial charge on any atom is -0.355 e. The molecule has 1 aromatic rings. The van der Waals surface area contributed by atoms with Crippen molar-refractivity contribution in [1.82, 2.24) is 10.3 Å². The molecule has 1 aliphatic heterocycles. The van der Waals surface area contributed by atoms with Gasteiger partial charge in [-0.05, 0) is 38.3 Å². The Balaban J connectivity index is 2.14. The average molecular weight is 313 g/mol. The van der Waals surface area contributed by atoms with E-state index >= 15 is 0 Å². The number of piperidine rings is 1. The summed E-state index contributed by atoms with van der Waals surface area (Å²) in [6.07, 6.45) is 4.64. The van der Waals surface area contributed by atoms with E-state index in [-0.39, 0.29) is 5.69 Å². The standard InChI is InChI=1S/C14H21ClN4O2/c1-2-6-18(10-11-4-3-5-16-8-11)14-13(15)7-12(9-17-14)19(20)21/h7,9,11,16H,2-6,8,10H2,1H3. The molecule has 1 atom stereocenters. The van der Waals surface area contributed by atoms with Gasteiger partial charge in [-0.15, -0.1) is 0 Å². The average Bonchev–Trinajstić information content (AvgIpc) is 2.48. The maximum atomic E-state index is 10.8. The van der Waals surface area contributed by atoms with E-state index in [0.29, 0.717) is 16.8 Å². The summed E-state index contributed by atoms with van der Waals surface area (Å²) in [5.41, 5.74) is -0.0699. The van der Waals surface area contributed by atoms with Crippen LogP contribution in [0.4, 0.5) is 11.5 Å². The lowest BCUT2D eigenvalue weighted by atomic mass is 9.99. The van der Waals surface area contributed by atoms with Gasteiger partial charge < -0.3 is 10.2 Å². The topological polar surface area (TPSA) is 71.3 Å². The van der Waals surface area contributed by atoms with Crippen LogP contribution < -0.4 is 10.2 Å². The molecule has 2 rings (SSSR count). The highest BCUT2D eigenvalue weighted by atomic mass is 35.5. The lowest BCUT2D eigenvalue weighted by Crippen LogP contribution is -2.39. The van der Waals surface area contributed by atoms with Gasteiger partial charge in [0, 0.05) is 19.2 Å². The van der Waals surface area contributed by atoms with E-state index in [1.54, 1.807) is 0 Å². The summed E-state index contributed by atoms with van der Waals surface area (Å²) in [7, 11) is 0. The van der Waals surface area contributed by atoms with Crippen LogP contribution in [0.3, 0.4) is 0 Å². The van der Waals surface area contributed by atoms with Crippen LogP contribution in [0.2, 0.25) is 5.02 Å². The number of nitrogens with one attached hydrogen (secondary N) is 1. The van der Waals surface area contributed by atoms with E-state index in [4.69, 9.17) is 11.6 Å². The number of nitro groups is 1. The highest BCUT2D eigenvalue weighted by Crippen LogP contribution is 2.28. The lowest BCUT2D eigenvalue weighted by Gasteiger charge is -2.31. The summed E-state index contributed by atoms with van der Waals surface area (Å²) in [5, 5.41) is 14.5. The second-order valence-corrected chi connectivity index (χ2v) is 5.82. The Hall–Kier alpha value is -1.40. The van der Waals surface area contributed by atoms with Crippen molar-refractivity contribution in [2.24, 2.45) is 5.92 Å². The Kier molecular flexibility index (Phi) is 5.76. The third-order valence-corrected chi connectivity index (χ3v) is 3.97. The van der Waals surface area contributed by atoms with Crippen LogP contribution in [0.15, 0.2) is 12.3 Å². The van der Waals surface area contributed by atoms with Gasteiger partial charge in [-0.1, -0.05) is 18.5 Å². The van der Waals surface area contributed by atoms with Gasteiger partial charge in [-0.25, -0.2) is 4.98 Å². The van der Waals surface area contributed by atoms with Gasteiger partial charge in [-0.3, -0.25) is 10.1 Å². The first-order valence-corrected chi connectivity index (χ1v) is 7.75. The van der Waals surface area contributed by atoms with E-state index in [1.165, 1.54) is 25.1 Å². The number of pyridine rings is 1. The third-order valence-electron chi connectivity index (χ3n) is 3.69. The van der Waals surface area contributed by atoms with Crippen LogP contribution in [0, 0.1) is 16.0 Å². The number of hydrogen-bond acceptors (Lipinski definition) is 5. The Morgan fingerprint density at radius 1 is 1.62 bits per heavy atom. The molecule has 0 amide bonds. The zero-order chi connectivity index (χ0) is 15.2. The fourth-order valence-corrected chi connectivity index (χ4v) is 2.98. The maximum Gasteiger partial charge on any atom is 0.289 e. The van der Waals surface area contributed by atoms with Gasteiger partial charge in [0.05, 0.1) is 9.95 Å². The molecule has 116 valence electrons. The molecular weight excluding hydrogens is 292 g/mol. The monoisotopic (exact) mass is 312 g/mol. The third kappa shape index (κ3) is 4.28. The zero-order valence-electron chi connectivity index (χ0n) is 12.2. The van der Waals surface area contributed by atoms with E-state index in [9.17, 15) is 10.1 Å². The molecule has 1 aromatic heterocycles. The fourth-order valence-electron chi connectivity index (χ4n) is 2.70. The summed E-state index contributed by atoms with van der Waals surface area (Å²) < 4.78 is 0. The maximum absolute atomic E-state index is 10.8. The minimum absolute atomic E-state index is 0.0699. The van der Waals surface area contributed by atoms with Crippen molar-refractivity contribution in [1.29, 1.82) is 0 Å². The predicted octanol–water partition coefficient (Wildman–Crippen LogP) is 2.86. The van der Waals surface area contributed by atoms with Crippen molar-refractivity contribution in [3.8, 4) is 0 Å². The van der Waals surface area contributed by atoms with Crippen LogP contribution in [0.5, 0.6) is 0 Å². The quantitative estimate of drug-likeness (QED) is 0.646. The zero-order valence-corrected chi connectivity index (χ0v) is 13.0. The SMILES string of the molecule is CCCN(CC1CCCNC1)c1ncc([N+](=O)[O-])cc1Cl. The second-order valence-electron chi connectivity index (χ2n) is 5.41. The summed E-state index contributed by atoms with van der Waals surface area (Å²) in [6, 6.07) is 1.38. The van der Waals surface area contributed by atoms with Crippen molar-refractivity contribution in [2.75, 3.05) is 31.1 Å². The number of rotatable bonds is 6. The number of halogens is 1. The van der Waals surface area contributed by atoms with Gasteiger partial charge in [-0.2, -0.15) is 0 Å². The van der Waals surface area contributed by atoms with Gasteiger partial charge in [0.1, 0.15) is 12.0 Å². The summed E-state index contributed by atoms with van der Waals surface area (Å²) in [6.45, 7) is 5.92. The predicted molar refractivity (Wildman–Crippen MR) is 84.0 cm³/mol. The molecule has 1 unspecified atom stereocenters. The summed E-state index contributed by atoms with van der Waals surface area (Å²) in [5.74, 6) is 1.22. The van der Waals surface area contributed by atoms with Crippen LogP contribution >= 0.6 is 11.6 Å². The van der Waals surface area contributed by atoms with E-state index in [2.05, 4.69) is 22.1 Å². The highest BCUT2D eigenvalue weighted by molar-refractivity contribution is 6.33. The normalized spacial score (nSPS) is 18.5. The summed E-state index contributed by atoms with van der Waals surface area (Å²) in [4.78, 5) is 16.6. The Morgan fingerprint density at radius 2 is 2.43 bits per heavy atom. The van der Waals surface area contributed by atoms with E-state index in [1.807, 2.05) is 0 Å². The minimum atomic E-state index is -0.474. The lowest BCUT2D eigenvalue weighted by molar-refractivity contribution is -0.385. The van der Waals surface area contributed by atoms with Crippen LogP contribution in [-0.2, 0) is 0 Å². The molecule has 0 saturated carbocycles. The highest BCUT2D eigenvalue weighted by Gasteiger charge is 2.20. The first-order chi connectivity index (χ1) is 10.1. The van der Waals surface area contributed by atoms with E-state index in [0.717, 1.165) is 32.6 Å². The molecule has 0 radical (unpaired) electrons. The van der Waals surface area contributed by atoms with Crippen molar-refractivity contribution in [3.05, 3.63) is 27.4 Å². The van der Waals surface area contributed by atoms with Crippen molar-refractivity contribution in [2.45, 2.75) is 26.2 Å². The molecule has 0 spiro atoms. The van der Waals surface area contributed by atoms with Crippen molar-refractivity contribution in [3.63, 3.8) is 0 Å². The van der Waals surface area contributed by atoms with Gasteiger partial charge in [0.2, 0.25) is 0 Å². The van der Waals surface area contributed by atoms with Gasteiger partial charge in [0.15, 0.2) is 0 Å². The summed E-state index contributed by atoms with van der Waals surface area (Å²) >= 11 is 6.20. The second kappa shape index (κ2) is 7.56. The van der Waals surface area contributed by atoms with Crippen molar-refractivity contribution < 1.29 is 4.92 Å². The Labute approximate surface area is 129 Å². The number of nitrogens with zero attached hydrogens (tertiary/aromatic N) is 3. The molecular formula is C14H21ClN4O2. The van der Waals surface area contributed by atoms with Crippen LogP contribution in [0.25, 0.3) is 0 Å². The molecule has 7 heteroatoms. The molecule has 0 bridgehead atoms. The molecule has 21 heavy (non-hydrogen) atoms. The van der Waals surface area contributed by atoms with Crippen LogP contribution in [-0.4, -0.2) is 36.1 Å². The number of aromatic nitrogens is 1. The molecule has 0 aromatic carbocycles. The van der Waals surface area contributed by atoms with Gasteiger partial charge in [0.25, 0.3) is 5.69 Å². The fraction of sp³-hybridized carbons (Fsp3) is 0.643. The largest absolute Gasteiger partial charge is 0.355 e.